The number of halogens is 1. The largest absolute Gasteiger partial charge is 0.456 e. The third-order valence-electron chi connectivity index (χ3n) is 2.93. The van der Waals surface area contributed by atoms with Crippen LogP contribution in [0.4, 0.5) is 0 Å². The van der Waals surface area contributed by atoms with Gasteiger partial charge in [0.15, 0.2) is 0 Å². The van der Waals surface area contributed by atoms with Crippen LogP contribution in [0.5, 0.6) is 11.5 Å². The maximum absolute atomic E-state index is 5.96. The minimum absolute atomic E-state index is 0.840. The van der Waals surface area contributed by atoms with E-state index in [0.717, 1.165) is 28.1 Å². The maximum Gasteiger partial charge on any atom is 0.141 e. The predicted octanol–water partition coefficient (Wildman–Crippen LogP) is 4.58. The van der Waals surface area contributed by atoms with Crippen molar-refractivity contribution in [3.8, 4) is 11.5 Å². The first-order valence-electron chi connectivity index (χ1n) is 6.28. The van der Waals surface area contributed by atoms with Crippen molar-refractivity contribution in [2.45, 2.75) is 20.4 Å². The van der Waals surface area contributed by atoms with Crippen molar-refractivity contribution in [3.63, 3.8) is 0 Å². The highest BCUT2D eigenvalue weighted by Gasteiger charge is 2.06. The molecule has 0 fully saturated rings. The second-order valence-corrected chi connectivity index (χ2v) is 5.52. The van der Waals surface area contributed by atoms with E-state index < -0.39 is 0 Å². The Labute approximate surface area is 122 Å². The van der Waals surface area contributed by atoms with Gasteiger partial charge in [0.2, 0.25) is 0 Å². The zero-order chi connectivity index (χ0) is 13.8. The van der Waals surface area contributed by atoms with Gasteiger partial charge >= 0.3 is 0 Å². The summed E-state index contributed by atoms with van der Waals surface area (Å²) in [6.07, 6.45) is 0. The monoisotopic (exact) mass is 319 g/mol. The summed E-state index contributed by atoms with van der Waals surface area (Å²) in [5, 5.41) is 3.13. The van der Waals surface area contributed by atoms with E-state index in [-0.39, 0.29) is 0 Å². The van der Waals surface area contributed by atoms with Crippen molar-refractivity contribution < 1.29 is 4.74 Å². The molecule has 2 nitrogen and oxygen atoms in total. The van der Waals surface area contributed by atoms with Crippen LogP contribution in [-0.4, -0.2) is 7.05 Å². The predicted molar refractivity (Wildman–Crippen MR) is 82.9 cm³/mol. The summed E-state index contributed by atoms with van der Waals surface area (Å²) in [6.45, 7) is 4.99. The molecule has 1 N–H and O–H groups in total. The van der Waals surface area contributed by atoms with E-state index in [1.54, 1.807) is 0 Å². The molecule has 0 saturated carbocycles. The minimum atomic E-state index is 0.840. The molecule has 0 bridgehead atoms. The Kier molecular flexibility index (Phi) is 4.61. The molecule has 2 aromatic rings. The van der Waals surface area contributed by atoms with E-state index >= 15 is 0 Å². The standard InChI is InChI=1S/C16H18BrNO/c1-11-4-6-15(12(2)8-11)19-16-7-5-13(10-18-3)9-14(16)17/h4-9,18H,10H2,1-3H3. The Morgan fingerprint density at radius 2 is 1.79 bits per heavy atom. The molecular formula is C16H18BrNO. The minimum Gasteiger partial charge on any atom is -0.456 e. The van der Waals surface area contributed by atoms with Crippen molar-refractivity contribution in [3.05, 3.63) is 57.6 Å². The molecule has 0 spiro atoms. The molecule has 0 aliphatic carbocycles. The van der Waals surface area contributed by atoms with E-state index in [2.05, 4.69) is 59.4 Å². The number of benzene rings is 2. The molecule has 0 amide bonds. The quantitative estimate of drug-likeness (QED) is 0.890. The van der Waals surface area contributed by atoms with E-state index in [1.165, 1.54) is 11.1 Å². The first kappa shape index (κ1) is 14.1. The van der Waals surface area contributed by atoms with Gasteiger partial charge in [0.1, 0.15) is 11.5 Å². The smallest absolute Gasteiger partial charge is 0.141 e. The molecule has 0 heterocycles. The highest BCUT2D eigenvalue weighted by Crippen LogP contribution is 2.32. The first-order valence-corrected chi connectivity index (χ1v) is 7.07. The number of aryl methyl sites for hydroxylation is 2. The van der Waals surface area contributed by atoms with E-state index in [4.69, 9.17) is 4.74 Å². The highest BCUT2D eigenvalue weighted by atomic mass is 79.9. The lowest BCUT2D eigenvalue weighted by Gasteiger charge is -2.12. The SMILES string of the molecule is CNCc1ccc(Oc2ccc(C)cc2C)c(Br)c1. The Hall–Kier alpha value is -1.32. The second-order valence-electron chi connectivity index (χ2n) is 4.67. The zero-order valence-corrected chi connectivity index (χ0v) is 13.0. The van der Waals surface area contributed by atoms with E-state index in [1.807, 2.05) is 19.2 Å². The summed E-state index contributed by atoms with van der Waals surface area (Å²) in [7, 11) is 1.94. The molecule has 100 valence electrons. The highest BCUT2D eigenvalue weighted by molar-refractivity contribution is 9.10. The van der Waals surface area contributed by atoms with Crippen LogP contribution in [0.1, 0.15) is 16.7 Å². The molecule has 19 heavy (non-hydrogen) atoms. The molecule has 0 unspecified atom stereocenters. The fourth-order valence-corrected chi connectivity index (χ4v) is 2.48. The van der Waals surface area contributed by atoms with Crippen LogP contribution < -0.4 is 10.1 Å². The zero-order valence-electron chi connectivity index (χ0n) is 11.5. The van der Waals surface area contributed by atoms with Gasteiger partial charge in [-0.2, -0.15) is 0 Å². The Morgan fingerprint density at radius 1 is 1.05 bits per heavy atom. The van der Waals surface area contributed by atoms with Crippen molar-refractivity contribution >= 4 is 15.9 Å². The lowest BCUT2D eigenvalue weighted by Crippen LogP contribution is -2.04. The normalized spacial score (nSPS) is 10.5. The molecule has 0 saturated heterocycles. The van der Waals surface area contributed by atoms with Crippen molar-refractivity contribution in [1.82, 2.24) is 5.32 Å². The number of nitrogens with one attached hydrogen (secondary N) is 1. The second kappa shape index (κ2) is 6.22. The molecule has 3 heteroatoms. The third-order valence-corrected chi connectivity index (χ3v) is 3.55. The van der Waals surface area contributed by atoms with Gasteiger partial charge in [0.25, 0.3) is 0 Å². The number of ether oxygens (including phenoxy) is 1. The van der Waals surface area contributed by atoms with E-state index in [9.17, 15) is 0 Å². The van der Waals surface area contributed by atoms with Crippen LogP contribution in [0.15, 0.2) is 40.9 Å². The van der Waals surface area contributed by atoms with Gasteiger partial charge in [0, 0.05) is 6.54 Å². The van der Waals surface area contributed by atoms with Gasteiger partial charge in [-0.1, -0.05) is 23.8 Å². The van der Waals surface area contributed by atoms with Crippen LogP contribution in [0.25, 0.3) is 0 Å². The van der Waals surface area contributed by atoms with Crippen molar-refractivity contribution in [2.24, 2.45) is 0 Å². The van der Waals surface area contributed by atoms with Crippen LogP contribution >= 0.6 is 15.9 Å². The van der Waals surface area contributed by atoms with Crippen molar-refractivity contribution in [2.75, 3.05) is 7.05 Å². The Balaban J connectivity index is 2.23. The molecule has 2 aromatic carbocycles. The van der Waals surface area contributed by atoms with Crippen LogP contribution in [-0.2, 0) is 6.54 Å². The molecule has 0 atom stereocenters. The van der Waals surface area contributed by atoms with Gasteiger partial charge in [-0.15, -0.1) is 0 Å². The summed E-state index contributed by atoms with van der Waals surface area (Å²) >= 11 is 3.56. The molecule has 0 aliphatic rings. The lowest BCUT2D eigenvalue weighted by molar-refractivity contribution is 0.475. The molecule has 0 aromatic heterocycles. The lowest BCUT2D eigenvalue weighted by atomic mass is 10.1. The third kappa shape index (κ3) is 3.58. The molecular weight excluding hydrogens is 302 g/mol. The number of rotatable bonds is 4. The molecule has 2 rings (SSSR count). The fraction of sp³-hybridized carbons (Fsp3) is 0.250. The van der Waals surface area contributed by atoms with Crippen LogP contribution in [0.3, 0.4) is 0 Å². The number of hydrogen-bond donors (Lipinski definition) is 1. The summed E-state index contributed by atoms with van der Waals surface area (Å²) in [4.78, 5) is 0. The average Bonchev–Trinajstić information content (AvgIpc) is 2.36. The van der Waals surface area contributed by atoms with Crippen molar-refractivity contribution in [1.29, 1.82) is 0 Å². The van der Waals surface area contributed by atoms with Gasteiger partial charge in [0.05, 0.1) is 4.47 Å². The van der Waals surface area contributed by atoms with Crippen LogP contribution in [0, 0.1) is 13.8 Å². The van der Waals surface area contributed by atoms with Gasteiger partial charge < -0.3 is 10.1 Å². The first-order chi connectivity index (χ1) is 9.10. The summed E-state index contributed by atoms with van der Waals surface area (Å²) < 4.78 is 6.93. The summed E-state index contributed by atoms with van der Waals surface area (Å²) in [6, 6.07) is 12.3. The topological polar surface area (TPSA) is 21.3 Å². The Morgan fingerprint density at radius 3 is 2.42 bits per heavy atom. The fourth-order valence-electron chi connectivity index (χ4n) is 1.97. The Bertz CT molecular complexity index is 581. The van der Waals surface area contributed by atoms with E-state index in [0.29, 0.717) is 0 Å². The molecule has 0 radical (unpaired) electrons. The molecule has 0 aliphatic heterocycles. The van der Waals surface area contributed by atoms with Gasteiger partial charge in [-0.3, -0.25) is 0 Å². The maximum atomic E-state index is 5.96. The van der Waals surface area contributed by atoms with Gasteiger partial charge in [-0.25, -0.2) is 0 Å². The summed E-state index contributed by atoms with van der Waals surface area (Å²) in [5.74, 6) is 1.74. The van der Waals surface area contributed by atoms with Crippen LogP contribution in [0.2, 0.25) is 0 Å². The number of hydrogen-bond acceptors (Lipinski definition) is 2. The average molecular weight is 320 g/mol. The van der Waals surface area contributed by atoms with Gasteiger partial charge in [-0.05, 0) is 66.2 Å². The summed E-state index contributed by atoms with van der Waals surface area (Å²) in [5.41, 5.74) is 3.61.